The number of hydrogen-bond acceptors (Lipinski definition) is 4. The molecule has 96 valence electrons. The summed E-state index contributed by atoms with van der Waals surface area (Å²) in [6.45, 7) is 5.46. The molecule has 1 aliphatic rings. The van der Waals surface area contributed by atoms with Crippen molar-refractivity contribution in [3.63, 3.8) is 0 Å². The lowest BCUT2D eigenvalue weighted by Gasteiger charge is -2.19. The number of hydrogen-bond donors (Lipinski definition) is 2. The number of ether oxygens (including phenoxy) is 1. The van der Waals surface area contributed by atoms with Crippen molar-refractivity contribution < 1.29 is 4.74 Å². The predicted molar refractivity (Wildman–Crippen MR) is 71.5 cm³/mol. The Balaban J connectivity index is 2.10. The van der Waals surface area contributed by atoms with Gasteiger partial charge in [0, 0.05) is 23.7 Å². The fourth-order valence-electron chi connectivity index (χ4n) is 1.87. The third-order valence-corrected chi connectivity index (χ3v) is 4.75. The van der Waals surface area contributed by atoms with Crippen LogP contribution in [0, 0.1) is 0 Å². The van der Waals surface area contributed by atoms with Gasteiger partial charge in [0.15, 0.2) is 0 Å². The van der Waals surface area contributed by atoms with Gasteiger partial charge in [-0.25, -0.2) is 0 Å². The van der Waals surface area contributed by atoms with E-state index in [4.69, 9.17) is 10.6 Å². The maximum atomic E-state index is 5.62. The first-order chi connectivity index (χ1) is 7.76. The van der Waals surface area contributed by atoms with Crippen molar-refractivity contribution in [3.05, 3.63) is 0 Å². The molecule has 0 amide bonds. The normalized spacial score (nSPS) is 24.6. The SMILES string of the molecule is CCC(C)SCC(CCC1CCCO1)NN. The summed E-state index contributed by atoms with van der Waals surface area (Å²) in [5.74, 6) is 6.69. The highest BCUT2D eigenvalue weighted by molar-refractivity contribution is 7.99. The average molecular weight is 246 g/mol. The molecule has 1 fully saturated rings. The topological polar surface area (TPSA) is 47.3 Å². The molecular formula is C12H26N2OS. The molecule has 0 aliphatic carbocycles. The van der Waals surface area contributed by atoms with Crippen molar-refractivity contribution in [2.45, 2.75) is 63.3 Å². The lowest BCUT2D eigenvalue weighted by molar-refractivity contribution is 0.100. The van der Waals surface area contributed by atoms with E-state index in [-0.39, 0.29) is 0 Å². The Labute approximate surface area is 104 Å². The highest BCUT2D eigenvalue weighted by atomic mass is 32.2. The molecule has 1 rings (SSSR count). The summed E-state index contributed by atoms with van der Waals surface area (Å²) in [4.78, 5) is 0. The summed E-state index contributed by atoms with van der Waals surface area (Å²) < 4.78 is 5.62. The van der Waals surface area contributed by atoms with Gasteiger partial charge in [0.25, 0.3) is 0 Å². The zero-order valence-electron chi connectivity index (χ0n) is 10.6. The fraction of sp³-hybridized carbons (Fsp3) is 1.00. The number of rotatable bonds is 8. The summed E-state index contributed by atoms with van der Waals surface area (Å²) >= 11 is 2.01. The molecule has 0 saturated carbocycles. The van der Waals surface area contributed by atoms with Crippen molar-refractivity contribution in [2.75, 3.05) is 12.4 Å². The van der Waals surface area contributed by atoms with E-state index in [0.29, 0.717) is 12.1 Å². The summed E-state index contributed by atoms with van der Waals surface area (Å²) in [7, 11) is 0. The van der Waals surface area contributed by atoms with Crippen LogP contribution in [0.4, 0.5) is 0 Å². The Morgan fingerprint density at radius 3 is 2.94 bits per heavy atom. The third kappa shape index (κ3) is 5.53. The highest BCUT2D eigenvalue weighted by Gasteiger charge is 2.17. The lowest BCUT2D eigenvalue weighted by atomic mass is 10.1. The van der Waals surface area contributed by atoms with Crippen LogP contribution in [0.3, 0.4) is 0 Å². The second-order valence-electron chi connectivity index (χ2n) is 4.63. The summed E-state index contributed by atoms with van der Waals surface area (Å²) in [5, 5.41) is 0.735. The van der Waals surface area contributed by atoms with Gasteiger partial charge in [-0.05, 0) is 32.1 Å². The average Bonchev–Trinajstić information content (AvgIpc) is 2.81. The molecule has 0 aromatic rings. The molecule has 1 heterocycles. The van der Waals surface area contributed by atoms with Crippen LogP contribution in [-0.2, 0) is 4.74 Å². The molecule has 3 atom stereocenters. The molecule has 0 radical (unpaired) electrons. The molecule has 1 aliphatic heterocycles. The van der Waals surface area contributed by atoms with E-state index in [1.165, 1.54) is 19.3 Å². The van der Waals surface area contributed by atoms with E-state index in [1.807, 2.05) is 11.8 Å². The molecule has 4 heteroatoms. The largest absolute Gasteiger partial charge is 0.378 e. The summed E-state index contributed by atoms with van der Waals surface area (Å²) in [5.41, 5.74) is 2.93. The first-order valence-electron chi connectivity index (χ1n) is 6.45. The standard InChI is InChI=1S/C12H26N2OS/c1-3-10(2)16-9-11(14-13)6-7-12-5-4-8-15-12/h10-12,14H,3-9,13H2,1-2H3. The zero-order chi connectivity index (χ0) is 11.8. The van der Waals surface area contributed by atoms with Crippen molar-refractivity contribution in [1.29, 1.82) is 0 Å². The Morgan fingerprint density at radius 1 is 1.56 bits per heavy atom. The predicted octanol–water partition coefficient (Wildman–Crippen LogP) is 2.31. The third-order valence-electron chi connectivity index (χ3n) is 3.25. The second kappa shape index (κ2) is 8.34. The van der Waals surface area contributed by atoms with Crippen LogP contribution in [0.2, 0.25) is 0 Å². The van der Waals surface area contributed by atoms with Gasteiger partial charge in [-0.15, -0.1) is 0 Å². The minimum Gasteiger partial charge on any atom is -0.378 e. The zero-order valence-corrected chi connectivity index (χ0v) is 11.4. The van der Waals surface area contributed by atoms with Crippen molar-refractivity contribution >= 4 is 11.8 Å². The summed E-state index contributed by atoms with van der Waals surface area (Å²) in [6, 6.07) is 0.434. The van der Waals surface area contributed by atoms with Gasteiger partial charge >= 0.3 is 0 Å². The molecule has 1 saturated heterocycles. The van der Waals surface area contributed by atoms with E-state index >= 15 is 0 Å². The Hall–Kier alpha value is 0.230. The number of nitrogens with one attached hydrogen (secondary N) is 1. The molecule has 3 N–H and O–H groups in total. The minimum atomic E-state index is 0.434. The maximum absolute atomic E-state index is 5.62. The van der Waals surface area contributed by atoms with Crippen LogP contribution in [-0.4, -0.2) is 29.8 Å². The van der Waals surface area contributed by atoms with Crippen molar-refractivity contribution in [1.82, 2.24) is 5.43 Å². The van der Waals surface area contributed by atoms with Crippen LogP contribution in [0.1, 0.15) is 46.0 Å². The number of nitrogens with two attached hydrogens (primary N) is 1. The number of hydrazine groups is 1. The molecule has 16 heavy (non-hydrogen) atoms. The van der Waals surface area contributed by atoms with Gasteiger partial charge in [-0.2, -0.15) is 11.8 Å². The van der Waals surface area contributed by atoms with Crippen molar-refractivity contribution in [2.24, 2.45) is 5.84 Å². The molecule has 0 aromatic heterocycles. The van der Waals surface area contributed by atoms with Gasteiger partial charge in [0.1, 0.15) is 0 Å². The van der Waals surface area contributed by atoms with Crippen LogP contribution in [0.25, 0.3) is 0 Å². The maximum Gasteiger partial charge on any atom is 0.0576 e. The smallest absolute Gasteiger partial charge is 0.0576 e. The van der Waals surface area contributed by atoms with Gasteiger partial charge in [0.05, 0.1) is 6.10 Å². The first kappa shape index (κ1) is 14.3. The second-order valence-corrected chi connectivity index (χ2v) is 6.10. The minimum absolute atomic E-state index is 0.434. The van der Waals surface area contributed by atoms with Crippen LogP contribution < -0.4 is 11.3 Å². The summed E-state index contributed by atoms with van der Waals surface area (Å²) in [6.07, 6.45) is 6.46. The monoisotopic (exact) mass is 246 g/mol. The highest BCUT2D eigenvalue weighted by Crippen LogP contribution is 2.20. The Bertz CT molecular complexity index is 174. The van der Waals surface area contributed by atoms with Crippen LogP contribution >= 0.6 is 11.8 Å². The van der Waals surface area contributed by atoms with E-state index in [0.717, 1.165) is 30.5 Å². The van der Waals surface area contributed by atoms with Gasteiger partial charge in [0.2, 0.25) is 0 Å². The fourth-order valence-corrected chi connectivity index (χ4v) is 2.93. The molecule has 0 bridgehead atoms. The van der Waals surface area contributed by atoms with Gasteiger partial charge in [-0.3, -0.25) is 11.3 Å². The first-order valence-corrected chi connectivity index (χ1v) is 7.50. The van der Waals surface area contributed by atoms with Crippen LogP contribution in [0.15, 0.2) is 0 Å². The molecule has 3 nitrogen and oxygen atoms in total. The molecule has 0 aromatic carbocycles. The molecular weight excluding hydrogens is 220 g/mol. The quantitative estimate of drug-likeness (QED) is 0.510. The van der Waals surface area contributed by atoms with Crippen LogP contribution in [0.5, 0.6) is 0 Å². The van der Waals surface area contributed by atoms with E-state index in [2.05, 4.69) is 19.3 Å². The van der Waals surface area contributed by atoms with Gasteiger partial charge in [-0.1, -0.05) is 13.8 Å². The Morgan fingerprint density at radius 2 is 2.38 bits per heavy atom. The number of thioether (sulfide) groups is 1. The van der Waals surface area contributed by atoms with Gasteiger partial charge < -0.3 is 4.74 Å². The van der Waals surface area contributed by atoms with E-state index in [9.17, 15) is 0 Å². The molecule has 0 spiro atoms. The van der Waals surface area contributed by atoms with Crippen molar-refractivity contribution in [3.8, 4) is 0 Å². The molecule has 3 unspecified atom stereocenters. The van der Waals surface area contributed by atoms with E-state index in [1.54, 1.807) is 0 Å². The Kier molecular flexibility index (Phi) is 7.45. The van der Waals surface area contributed by atoms with E-state index < -0.39 is 0 Å². The lowest BCUT2D eigenvalue weighted by Crippen LogP contribution is -2.38.